The summed E-state index contributed by atoms with van der Waals surface area (Å²) < 4.78 is 7.57. The van der Waals surface area contributed by atoms with Crippen molar-refractivity contribution in [1.29, 1.82) is 0 Å². The lowest BCUT2D eigenvalue weighted by Crippen LogP contribution is -2.39. The predicted molar refractivity (Wildman–Crippen MR) is 146 cm³/mol. The molecule has 1 atom stereocenters. The van der Waals surface area contributed by atoms with Gasteiger partial charge in [0.25, 0.3) is 0 Å². The lowest BCUT2D eigenvalue weighted by molar-refractivity contribution is -0.144. The number of nitrogens with one attached hydrogen (secondary N) is 1. The Morgan fingerprint density at radius 1 is 1.11 bits per heavy atom. The monoisotopic (exact) mass is 512 g/mol. The minimum Gasteiger partial charge on any atom is -0.383 e. The molecule has 0 saturated carbocycles. The van der Waals surface area contributed by atoms with E-state index >= 15 is 0 Å². The quantitative estimate of drug-likeness (QED) is 0.368. The molecule has 5 rings (SSSR count). The largest absolute Gasteiger partial charge is 0.383 e. The minimum atomic E-state index is -0.762. The van der Waals surface area contributed by atoms with E-state index in [2.05, 4.69) is 15.4 Å². The van der Waals surface area contributed by atoms with Gasteiger partial charge in [-0.3, -0.25) is 9.59 Å². The van der Waals surface area contributed by atoms with Crippen LogP contribution in [0.15, 0.2) is 60.9 Å². The van der Waals surface area contributed by atoms with E-state index in [1.54, 1.807) is 15.8 Å². The zero-order valence-electron chi connectivity index (χ0n) is 21.7. The number of aryl methyl sites for hydroxylation is 1. The summed E-state index contributed by atoms with van der Waals surface area (Å²) in [6.45, 7) is 5.33. The Labute approximate surface area is 221 Å². The molecular weight excluding hydrogens is 480 g/mol. The highest BCUT2D eigenvalue weighted by atomic mass is 16.5. The van der Waals surface area contributed by atoms with E-state index < -0.39 is 11.8 Å². The molecule has 1 fully saturated rings. The molecule has 0 radical (unpaired) electrons. The summed E-state index contributed by atoms with van der Waals surface area (Å²) in [5, 5.41) is 7.98. The molecule has 0 bridgehead atoms. The maximum absolute atomic E-state index is 13.5. The minimum absolute atomic E-state index is 0.195. The molecular formula is C29H32N6O3. The molecule has 0 aliphatic carbocycles. The number of hydrogen-bond donors (Lipinski definition) is 2. The first-order valence-electron chi connectivity index (χ1n) is 12.8. The second-order valence-corrected chi connectivity index (χ2v) is 9.71. The number of pyridine rings is 1. The number of nitrogen functional groups attached to an aromatic ring is 1. The summed E-state index contributed by atoms with van der Waals surface area (Å²) in [6, 6.07) is 15.6. The molecule has 2 aromatic heterocycles. The number of amides is 2. The Bertz CT molecular complexity index is 1460. The van der Waals surface area contributed by atoms with Gasteiger partial charge in [0.2, 0.25) is 0 Å². The molecule has 1 unspecified atom stereocenters. The lowest BCUT2D eigenvalue weighted by atomic mass is 10.0. The highest BCUT2D eigenvalue weighted by Crippen LogP contribution is 2.29. The molecule has 3 heterocycles. The van der Waals surface area contributed by atoms with Crippen LogP contribution in [0.25, 0.3) is 10.9 Å². The van der Waals surface area contributed by atoms with Crippen molar-refractivity contribution in [3.63, 3.8) is 0 Å². The standard InChI is InChI=1S/C29H32N6O3/c1-19-9-8-12-22(20(19)2)17-34(16-21-10-4-3-5-11-21)29(37)28(36)32-24-15-31-27(30)23-18-35(33-26(23)24)25-13-6-7-14-38-25/h3-5,8-12,15,18,25H,6-7,13-14,16-17H2,1-2H3,(H2,30,31)(H,32,36). The van der Waals surface area contributed by atoms with Crippen molar-refractivity contribution in [3.05, 3.63) is 83.2 Å². The van der Waals surface area contributed by atoms with E-state index in [1.807, 2.05) is 62.4 Å². The molecule has 196 valence electrons. The SMILES string of the molecule is Cc1cccc(CN(Cc2ccccc2)C(=O)C(=O)Nc2cnc(N)c3cn(C4CCCCO4)nc23)c1C. The third-order valence-electron chi connectivity index (χ3n) is 7.07. The summed E-state index contributed by atoms with van der Waals surface area (Å²) in [7, 11) is 0. The predicted octanol–water partition coefficient (Wildman–Crippen LogP) is 4.50. The number of nitrogens with zero attached hydrogens (tertiary/aromatic N) is 4. The van der Waals surface area contributed by atoms with Crippen LogP contribution in [0.4, 0.5) is 11.5 Å². The molecule has 3 N–H and O–H groups in total. The summed E-state index contributed by atoms with van der Waals surface area (Å²) in [4.78, 5) is 32.6. The van der Waals surface area contributed by atoms with Crippen molar-refractivity contribution < 1.29 is 14.3 Å². The lowest BCUT2D eigenvalue weighted by Gasteiger charge is -2.24. The first-order valence-corrected chi connectivity index (χ1v) is 12.8. The van der Waals surface area contributed by atoms with Gasteiger partial charge in [-0.05, 0) is 55.4 Å². The van der Waals surface area contributed by atoms with Gasteiger partial charge in [0.05, 0.1) is 17.3 Å². The van der Waals surface area contributed by atoms with Crippen LogP contribution in [0.1, 0.15) is 47.7 Å². The zero-order chi connectivity index (χ0) is 26.6. The van der Waals surface area contributed by atoms with E-state index in [0.29, 0.717) is 42.1 Å². The van der Waals surface area contributed by atoms with E-state index in [-0.39, 0.29) is 6.23 Å². The van der Waals surface area contributed by atoms with Crippen LogP contribution >= 0.6 is 0 Å². The van der Waals surface area contributed by atoms with Gasteiger partial charge in [-0.25, -0.2) is 9.67 Å². The van der Waals surface area contributed by atoms with Gasteiger partial charge in [0, 0.05) is 25.9 Å². The maximum atomic E-state index is 13.5. The molecule has 9 heteroatoms. The molecule has 2 aromatic carbocycles. The molecule has 1 aliphatic rings. The molecule has 4 aromatic rings. The Morgan fingerprint density at radius 3 is 2.68 bits per heavy atom. The molecule has 9 nitrogen and oxygen atoms in total. The smallest absolute Gasteiger partial charge is 0.314 e. The summed E-state index contributed by atoms with van der Waals surface area (Å²) in [5.41, 5.74) is 11.1. The summed E-state index contributed by atoms with van der Waals surface area (Å²) in [5.74, 6) is -1.11. The number of carbonyl (C=O) groups excluding carboxylic acids is 2. The number of rotatable bonds is 6. The summed E-state index contributed by atoms with van der Waals surface area (Å²) >= 11 is 0. The van der Waals surface area contributed by atoms with Crippen molar-refractivity contribution >= 4 is 34.2 Å². The fourth-order valence-electron chi connectivity index (χ4n) is 4.73. The molecule has 1 aliphatic heterocycles. The van der Waals surface area contributed by atoms with Crippen LogP contribution < -0.4 is 11.1 Å². The second kappa shape index (κ2) is 11.0. The van der Waals surface area contributed by atoms with Crippen LogP contribution in [0, 0.1) is 13.8 Å². The average Bonchev–Trinajstić information content (AvgIpc) is 3.40. The van der Waals surface area contributed by atoms with Crippen LogP contribution in [0.2, 0.25) is 0 Å². The van der Waals surface area contributed by atoms with Gasteiger partial charge < -0.3 is 20.7 Å². The third kappa shape index (κ3) is 5.38. The number of hydrogen-bond acceptors (Lipinski definition) is 6. The van der Waals surface area contributed by atoms with Gasteiger partial charge in [0.1, 0.15) is 17.6 Å². The van der Waals surface area contributed by atoms with Crippen molar-refractivity contribution in [1.82, 2.24) is 19.7 Å². The van der Waals surface area contributed by atoms with Crippen LogP contribution in [-0.4, -0.2) is 38.1 Å². The van der Waals surface area contributed by atoms with Crippen molar-refractivity contribution in [2.24, 2.45) is 0 Å². The molecule has 1 saturated heterocycles. The Hall–Kier alpha value is -4.24. The summed E-state index contributed by atoms with van der Waals surface area (Å²) in [6.07, 6.45) is 5.94. The fraction of sp³-hybridized carbons (Fsp3) is 0.310. The highest BCUT2D eigenvalue weighted by molar-refractivity contribution is 6.40. The van der Waals surface area contributed by atoms with E-state index in [1.165, 1.54) is 6.20 Å². The van der Waals surface area contributed by atoms with Crippen LogP contribution in [0.5, 0.6) is 0 Å². The van der Waals surface area contributed by atoms with Gasteiger partial charge in [-0.2, -0.15) is 5.10 Å². The first-order chi connectivity index (χ1) is 18.4. The number of ether oxygens (including phenoxy) is 1. The zero-order valence-corrected chi connectivity index (χ0v) is 21.7. The topological polar surface area (TPSA) is 115 Å². The molecule has 0 spiro atoms. The Morgan fingerprint density at radius 2 is 1.92 bits per heavy atom. The fourth-order valence-corrected chi connectivity index (χ4v) is 4.73. The molecule has 2 amide bonds. The first kappa shape index (κ1) is 25.4. The normalized spacial score (nSPS) is 15.4. The van der Waals surface area contributed by atoms with Gasteiger partial charge >= 0.3 is 11.8 Å². The Kier molecular flexibility index (Phi) is 7.37. The van der Waals surface area contributed by atoms with Gasteiger partial charge in [0.15, 0.2) is 0 Å². The number of aromatic nitrogens is 3. The number of fused-ring (bicyclic) bond motifs is 1. The van der Waals surface area contributed by atoms with Crippen molar-refractivity contribution in [2.45, 2.75) is 52.4 Å². The van der Waals surface area contributed by atoms with Crippen LogP contribution in [0.3, 0.4) is 0 Å². The van der Waals surface area contributed by atoms with E-state index in [9.17, 15) is 9.59 Å². The third-order valence-corrected chi connectivity index (χ3v) is 7.07. The maximum Gasteiger partial charge on any atom is 0.314 e. The molecule has 38 heavy (non-hydrogen) atoms. The second-order valence-electron chi connectivity index (χ2n) is 9.71. The Balaban J connectivity index is 1.41. The number of anilines is 2. The number of benzene rings is 2. The highest BCUT2D eigenvalue weighted by Gasteiger charge is 2.25. The average molecular weight is 513 g/mol. The van der Waals surface area contributed by atoms with Gasteiger partial charge in [-0.15, -0.1) is 0 Å². The van der Waals surface area contributed by atoms with Crippen LogP contribution in [-0.2, 0) is 27.4 Å². The van der Waals surface area contributed by atoms with Gasteiger partial charge in [-0.1, -0.05) is 48.5 Å². The van der Waals surface area contributed by atoms with E-state index in [0.717, 1.165) is 41.5 Å². The van der Waals surface area contributed by atoms with Crippen molar-refractivity contribution in [3.8, 4) is 0 Å². The van der Waals surface area contributed by atoms with E-state index in [4.69, 9.17) is 10.5 Å². The number of carbonyl (C=O) groups is 2. The van der Waals surface area contributed by atoms with Crippen molar-refractivity contribution in [2.75, 3.05) is 17.7 Å². The number of nitrogens with two attached hydrogens (primary N) is 1.